The Balaban J connectivity index is 1.57. The van der Waals surface area contributed by atoms with E-state index in [0.29, 0.717) is 18.2 Å². The molecule has 0 radical (unpaired) electrons. The van der Waals surface area contributed by atoms with Crippen LogP contribution in [0.25, 0.3) is 5.69 Å². The first-order valence-corrected chi connectivity index (χ1v) is 10.2. The highest BCUT2D eigenvalue weighted by atomic mass is 16.6. The summed E-state index contributed by atoms with van der Waals surface area (Å²) in [4.78, 5) is 17.4. The van der Waals surface area contributed by atoms with Gasteiger partial charge in [0.25, 0.3) is 0 Å². The van der Waals surface area contributed by atoms with Gasteiger partial charge in [0.15, 0.2) is 0 Å². The van der Waals surface area contributed by atoms with Crippen molar-refractivity contribution in [3.8, 4) is 5.69 Å². The zero-order valence-corrected chi connectivity index (χ0v) is 17.9. The number of benzene rings is 1. The Morgan fingerprint density at radius 2 is 2.03 bits per heavy atom. The molecule has 2 aliphatic carbocycles. The van der Waals surface area contributed by atoms with Crippen LogP contribution >= 0.6 is 0 Å². The van der Waals surface area contributed by atoms with Crippen molar-refractivity contribution in [3.05, 3.63) is 62.8 Å². The lowest BCUT2D eigenvalue weighted by atomic mass is 9.93. The summed E-state index contributed by atoms with van der Waals surface area (Å²) in [5.74, 6) is 1.50. The van der Waals surface area contributed by atoms with Crippen LogP contribution in [0.3, 0.4) is 0 Å². The molecule has 0 atom stereocenters. The molecule has 8 nitrogen and oxygen atoms in total. The summed E-state index contributed by atoms with van der Waals surface area (Å²) in [5.41, 5.74) is 5.81. The maximum Gasteiger partial charge on any atom is 0.368 e. The number of allylic oxidation sites excluding steroid dienone is 4. The van der Waals surface area contributed by atoms with Gasteiger partial charge in [0.1, 0.15) is 13.7 Å². The first-order chi connectivity index (χ1) is 14.5. The van der Waals surface area contributed by atoms with E-state index in [1.165, 1.54) is 27.8 Å². The third-order valence-electron chi connectivity index (χ3n) is 5.66. The molecule has 0 unspecified atom stereocenters. The molecule has 0 bridgehead atoms. The molecule has 1 heterocycles. The van der Waals surface area contributed by atoms with Gasteiger partial charge in [0.2, 0.25) is 0 Å². The van der Waals surface area contributed by atoms with Crippen LogP contribution in [0.5, 0.6) is 0 Å². The third-order valence-corrected chi connectivity index (χ3v) is 5.66. The van der Waals surface area contributed by atoms with Crippen LogP contribution in [-0.2, 0) is 23.2 Å². The lowest BCUT2D eigenvalue weighted by Gasteiger charge is -2.21. The lowest BCUT2D eigenvalue weighted by molar-refractivity contribution is 0.184. The third kappa shape index (κ3) is 3.94. The highest BCUT2D eigenvalue weighted by molar-refractivity contribution is 6.03. The first kappa shape index (κ1) is 20.1. The van der Waals surface area contributed by atoms with Crippen molar-refractivity contribution in [2.24, 2.45) is 18.1 Å². The SMILES string of the molecule is CON=C(C1=CC(C)=C(OCc2c(C)cccc2-n2nnn(C)c2=O)CC1)C1CC1. The summed E-state index contributed by atoms with van der Waals surface area (Å²) in [6.07, 6.45) is 6.24. The molecule has 0 amide bonds. The Hall–Kier alpha value is -3.16. The van der Waals surface area contributed by atoms with Gasteiger partial charge in [-0.25, -0.2) is 4.79 Å². The van der Waals surface area contributed by atoms with E-state index in [9.17, 15) is 4.79 Å². The molecule has 1 saturated carbocycles. The van der Waals surface area contributed by atoms with E-state index in [1.54, 1.807) is 14.2 Å². The Kier molecular flexibility index (Phi) is 5.57. The lowest BCUT2D eigenvalue weighted by Crippen LogP contribution is -2.23. The topological polar surface area (TPSA) is 83.5 Å². The van der Waals surface area contributed by atoms with Crippen molar-refractivity contribution in [1.29, 1.82) is 0 Å². The first-order valence-electron chi connectivity index (χ1n) is 10.2. The quantitative estimate of drug-likeness (QED) is 0.518. The van der Waals surface area contributed by atoms with Gasteiger partial charge in [-0.2, -0.15) is 9.36 Å². The van der Waals surface area contributed by atoms with Crippen molar-refractivity contribution in [2.75, 3.05) is 7.11 Å². The number of hydrogen-bond donors (Lipinski definition) is 0. The fraction of sp³-hybridized carbons (Fsp3) is 0.455. The molecule has 158 valence electrons. The number of nitrogens with zero attached hydrogens (tertiary/aromatic N) is 5. The van der Waals surface area contributed by atoms with Gasteiger partial charge in [-0.3, -0.25) is 0 Å². The zero-order valence-electron chi connectivity index (χ0n) is 17.9. The maximum atomic E-state index is 12.3. The van der Waals surface area contributed by atoms with Crippen molar-refractivity contribution in [1.82, 2.24) is 19.8 Å². The Bertz CT molecular complexity index is 1100. The zero-order chi connectivity index (χ0) is 21.3. The van der Waals surface area contributed by atoms with E-state index in [0.717, 1.165) is 41.0 Å². The number of aryl methyl sites for hydroxylation is 2. The molecule has 2 aliphatic rings. The summed E-state index contributed by atoms with van der Waals surface area (Å²) in [7, 11) is 3.19. The fourth-order valence-electron chi connectivity index (χ4n) is 3.79. The van der Waals surface area contributed by atoms with E-state index in [2.05, 4.69) is 28.6 Å². The van der Waals surface area contributed by atoms with E-state index in [-0.39, 0.29) is 5.69 Å². The smallest absolute Gasteiger partial charge is 0.368 e. The molecule has 1 aromatic carbocycles. The average Bonchev–Trinajstić information content (AvgIpc) is 3.52. The molecule has 1 aromatic heterocycles. The van der Waals surface area contributed by atoms with Crippen molar-refractivity contribution >= 4 is 5.71 Å². The molecule has 8 heteroatoms. The van der Waals surface area contributed by atoms with Crippen LogP contribution < -0.4 is 5.69 Å². The summed E-state index contributed by atoms with van der Waals surface area (Å²) < 4.78 is 8.76. The van der Waals surface area contributed by atoms with Crippen LogP contribution in [-0.4, -0.2) is 32.6 Å². The second kappa shape index (κ2) is 8.30. The standard InChI is InChI=1S/C22H27N5O3/c1-14-6-5-7-19(27-22(28)26(3)24-25-27)18(14)13-30-20-11-10-17(12-15(20)2)21(23-29-4)16-8-9-16/h5-7,12,16H,8-11,13H2,1-4H3. The Labute approximate surface area is 175 Å². The second-order valence-electron chi connectivity index (χ2n) is 7.87. The average molecular weight is 409 g/mol. The van der Waals surface area contributed by atoms with Gasteiger partial charge in [-0.05, 0) is 66.3 Å². The number of tetrazole rings is 1. The highest BCUT2D eigenvalue weighted by Crippen LogP contribution is 2.37. The van der Waals surface area contributed by atoms with Gasteiger partial charge in [-0.15, -0.1) is 0 Å². The molecular formula is C22H27N5O3. The number of aromatic nitrogens is 4. The molecule has 4 rings (SSSR count). The van der Waals surface area contributed by atoms with Gasteiger partial charge in [0.05, 0.1) is 17.2 Å². The molecule has 0 saturated heterocycles. The predicted molar refractivity (Wildman–Crippen MR) is 113 cm³/mol. The van der Waals surface area contributed by atoms with Crippen LogP contribution in [0.2, 0.25) is 0 Å². The largest absolute Gasteiger partial charge is 0.493 e. The number of ether oxygens (including phenoxy) is 1. The number of hydrogen-bond acceptors (Lipinski definition) is 6. The molecule has 0 aliphatic heterocycles. The van der Waals surface area contributed by atoms with Crippen LogP contribution in [0.4, 0.5) is 0 Å². The molecule has 30 heavy (non-hydrogen) atoms. The predicted octanol–water partition coefficient (Wildman–Crippen LogP) is 3.20. The van der Waals surface area contributed by atoms with Crippen LogP contribution in [0.15, 0.2) is 51.1 Å². The molecular weight excluding hydrogens is 382 g/mol. The van der Waals surface area contributed by atoms with Gasteiger partial charge >= 0.3 is 5.69 Å². The summed E-state index contributed by atoms with van der Waals surface area (Å²) in [5, 5.41) is 12.1. The van der Waals surface area contributed by atoms with Crippen molar-refractivity contribution < 1.29 is 9.57 Å². The van der Waals surface area contributed by atoms with Gasteiger partial charge < -0.3 is 9.57 Å². The highest BCUT2D eigenvalue weighted by Gasteiger charge is 2.31. The van der Waals surface area contributed by atoms with E-state index >= 15 is 0 Å². The Morgan fingerprint density at radius 1 is 1.23 bits per heavy atom. The summed E-state index contributed by atoms with van der Waals surface area (Å²) in [6, 6.07) is 5.78. The van der Waals surface area contributed by atoms with Crippen LogP contribution in [0.1, 0.15) is 43.7 Å². The minimum atomic E-state index is -0.285. The number of oxime groups is 1. The van der Waals surface area contributed by atoms with Crippen LogP contribution in [0, 0.1) is 12.8 Å². The molecule has 1 fully saturated rings. The van der Waals surface area contributed by atoms with Crippen molar-refractivity contribution in [3.63, 3.8) is 0 Å². The van der Waals surface area contributed by atoms with Crippen molar-refractivity contribution in [2.45, 2.75) is 46.1 Å². The van der Waals surface area contributed by atoms with Gasteiger partial charge in [-0.1, -0.05) is 23.4 Å². The summed E-state index contributed by atoms with van der Waals surface area (Å²) in [6.45, 7) is 4.44. The minimum Gasteiger partial charge on any atom is -0.493 e. The molecule has 0 N–H and O–H groups in total. The van der Waals surface area contributed by atoms with E-state index < -0.39 is 0 Å². The van der Waals surface area contributed by atoms with E-state index in [4.69, 9.17) is 9.57 Å². The maximum absolute atomic E-state index is 12.3. The van der Waals surface area contributed by atoms with E-state index in [1.807, 2.05) is 25.1 Å². The number of rotatable bonds is 7. The monoisotopic (exact) mass is 409 g/mol. The second-order valence-corrected chi connectivity index (χ2v) is 7.87. The molecule has 2 aromatic rings. The molecule has 0 spiro atoms. The Morgan fingerprint density at radius 3 is 2.67 bits per heavy atom. The fourth-order valence-corrected chi connectivity index (χ4v) is 3.79. The normalized spacial score (nSPS) is 17.2. The minimum absolute atomic E-state index is 0.285. The van der Waals surface area contributed by atoms with Gasteiger partial charge in [0, 0.05) is 24.9 Å². The summed E-state index contributed by atoms with van der Waals surface area (Å²) >= 11 is 0.